The van der Waals surface area contributed by atoms with Crippen molar-refractivity contribution in [1.82, 2.24) is 0 Å². The minimum atomic E-state index is -1.01. The maximum Gasteiger partial charge on any atom is 0.309 e. The van der Waals surface area contributed by atoms with Crippen molar-refractivity contribution in [3.63, 3.8) is 0 Å². The van der Waals surface area contributed by atoms with Gasteiger partial charge in [-0.15, -0.1) is 0 Å². The van der Waals surface area contributed by atoms with Crippen LogP contribution in [0.3, 0.4) is 0 Å². The quantitative estimate of drug-likeness (QED) is 0.414. The van der Waals surface area contributed by atoms with Crippen molar-refractivity contribution in [2.75, 3.05) is 6.61 Å². The molecule has 2 aromatic rings. The topological polar surface area (TPSA) is 74.2 Å². The first-order valence-corrected chi connectivity index (χ1v) is 12.4. The molecule has 1 unspecified atom stereocenters. The lowest BCUT2D eigenvalue weighted by molar-refractivity contribution is -0.264. The lowest BCUT2D eigenvalue weighted by atomic mass is 9.98. The maximum absolute atomic E-state index is 12.7. The third-order valence-electron chi connectivity index (χ3n) is 6.09. The predicted octanol–water partition coefficient (Wildman–Crippen LogP) is 5.02. The third-order valence-corrected chi connectivity index (χ3v) is 6.09. The summed E-state index contributed by atoms with van der Waals surface area (Å²) in [6.07, 6.45) is 1.21. The van der Waals surface area contributed by atoms with Crippen LogP contribution < -0.4 is 0 Å². The van der Waals surface area contributed by atoms with Crippen molar-refractivity contribution in [1.29, 1.82) is 0 Å². The van der Waals surface area contributed by atoms with E-state index in [0.29, 0.717) is 13.2 Å². The number of ether oxygens (including phenoxy) is 4. The molecule has 0 amide bonds. The van der Waals surface area contributed by atoms with E-state index in [4.69, 9.17) is 18.9 Å². The summed E-state index contributed by atoms with van der Waals surface area (Å²) in [5.74, 6) is -0.326. The molecule has 0 saturated carbocycles. The average molecular weight is 471 g/mol. The third kappa shape index (κ3) is 8.20. The molecule has 186 valence electrons. The smallest absolute Gasteiger partial charge is 0.309 e. The molecule has 6 heteroatoms. The highest BCUT2D eigenvalue weighted by molar-refractivity contribution is 5.72. The highest BCUT2D eigenvalue weighted by Gasteiger charge is 2.41. The number of aliphatic hydroxyl groups is 1. The number of hydrogen-bond donors (Lipinski definition) is 1. The molecule has 0 aliphatic carbocycles. The summed E-state index contributed by atoms with van der Waals surface area (Å²) in [5.41, 5.74) is 2.06. The normalized spacial score (nSPS) is 22.6. The fourth-order valence-electron chi connectivity index (χ4n) is 4.32. The van der Waals surface area contributed by atoms with Crippen LogP contribution in [0.2, 0.25) is 0 Å². The Morgan fingerprint density at radius 2 is 1.50 bits per heavy atom. The summed E-state index contributed by atoms with van der Waals surface area (Å²) in [7, 11) is 0. The molecule has 1 aliphatic heterocycles. The number of rotatable bonds is 13. The zero-order valence-electron chi connectivity index (χ0n) is 20.3. The zero-order valence-corrected chi connectivity index (χ0v) is 20.3. The number of esters is 1. The van der Waals surface area contributed by atoms with Gasteiger partial charge in [-0.1, -0.05) is 87.4 Å². The van der Waals surface area contributed by atoms with Gasteiger partial charge in [0.1, 0.15) is 18.8 Å². The monoisotopic (exact) mass is 470 g/mol. The van der Waals surface area contributed by atoms with Gasteiger partial charge in [0.25, 0.3) is 0 Å². The second kappa shape index (κ2) is 14.2. The Bertz CT molecular complexity index is 821. The Hall–Kier alpha value is -2.25. The second-order valence-corrected chi connectivity index (χ2v) is 8.87. The highest BCUT2D eigenvalue weighted by Crippen LogP contribution is 2.27. The van der Waals surface area contributed by atoms with Crippen molar-refractivity contribution >= 4 is 5.97 Å². The van der Waals surface area contributed by atoms with Crippen LogP contribution in [0, 0.1) is 5.92 Å². The molecule has 4 atom stereocenters. The number of carbonyl (C=O) groups excluding carboxylic acids is 1. The standard InChI is InChI=1S/C28H38O6/c1-3-11-23(12-4-2)28(30)33-20-25-27(32-19-22-15-9-6-10-16-22)24(17-26(29)34-25)31-18-21-13-7-5-8-14-21/h5-10,13-16,23-27,29H,3-4,11-12,17-20H2,1-2H3/t24-,25-,26?,27+/m1/s1. The van der Waals surface area contributed by atoms with Crippen LogP contribution >= 0.6 is 0 Å². The van der Waals surface area contributed by atoms with E-state index in [-0.39, 0.29) is 24.9 Å². The first-order valence-electron chi connectivity index (χ1n) is 12.4. The highest BCUT2D eigenvalue weighted by atomic mass is 16.7. The molecule has 0 aromatic heterocycles. The molecule has 1 N–H and O–H groups in total. The maximum atomic E-state index is 12.7. The molecule has 1 saturated heterocycles. The van der Waals surface area contributed by atoms with E-state index in [1.165, 1.54) is 0 Å². The van der Waals surface area contributed by atoms with E-state index >= 15 is 0 Å². The molecule has 1 fully saturated rings. The van der Waals surface area contributed by atoms with Crippen molar-refractivity contribution in [2.45, 2.75) is 83.8 Å². The van der Waals surface area contributed by atoms with E-state index in [1.54, 1.807) is 0 Å². The van der Waals surface area contributed by atoms with Gasteiger partial charge in [0.15, 0.2) is 6.29 Å². The van der Waals surface area contributed by atoms with Gasteiger partial charge in [-0.2, -0.15) is 0 Å². The van der Waals surface area contributed by atoms with Crippen molar-refractivity contribution < 1.29 is 28.8 Å². The van der Waals surface area contributed by atoms with Crippen LogP contribution in [0.1, 0.15) is 57.1 Å². The second-order valence-electron chi connectivity index (χ2n) is 8.87. The van der Waals surface area contributed by atoms with E-state index in [1.807, 2.05) is 60.7 Å². The van der Waals surface area contributed by atoms with E-state index in [2.05, 4.69) is 13.8 Å². The Morgan fingerprint density at radius 3 is 2.06 bits per heavy atom. The molecule has 0 radical (unpaired) electrons. The minimum absolute atomic E-state index is 0.0183. The van der Waals surface area contributed by atoms with Crippen molar-refractivity contribution in [3.8, 4) is 0 Å². The number of carbonyl (C=O) groups is 1. The molecule has 0 spiro atoms. The average Bonchev–Trinajstić information content (AvgIpc) is 2.86. The Kier molecular flexibility index (Phi) is 11.0. The van der Waals surface area contributed by atoms with Crippen LogP contribution in [0.4, 0.5) is 0 Å². The number of hydrogen-bond acceptors (Lipinski definition) is 6. The SMILES string of the molecule is CCCC(CCC)C(=O)OC[C@H]1OC(O)C[C@@H](OCc2ccccc2)[C@@H]1OCc1ccccc1. The molecular weight excluding hydrogens is 432 g/mol. The summed E-state index contributed by atoms with van der Waals surface area (Å²) in [6.45, 7) is 4.92. The molecule has 3 rings (SSSR count). The Balaban J connectivity index is 1.68. The Labute approximate surface area is 203 Å². The Morgan fingerprint density at radius 1 is 0.941 bits per heavy atom. The molecule has 34 heavy (non-hydrogen) atoms. The van der Waals surface area contributed by atoms with Gasteiger partial charge in [0, 0.05) is 6.42 Å². The molecule has 2 aromatic carbocycles. The van der Waals surface area contributed by atoms with Gasteiger partial charge in [0.05, 0.1) is 25.2 Å². The summed E-state index contributed by atoms with van der Waals surface area (Å²) in [5, 5.41) is 10.4. The fraction of sp³-hybridized carbons (Fsp3) is 0.536. The molecule has 1 aliphatic rings. The number of benzene rings is 2. The summed E-state index contributed by atoms with van der Waals surface area (Å²) >= 11 is 0. The van der Waals surface area contributed by atoms with Gasteiger partial charge in [0.2, 0.25) is 0 Å². The largest absolute Gasteiger partial charge is 0.463 e. The summed E-state index contributed by atoms with van der Waals surface area (Å²) in [4.78, 5) is 12.7. The zero-order chi connectivity index (χ0) is 24.2. The van der Waals surface area contributed by atoms with Crippen LogP contribution in [0.25, 0.3) is 0 Å². The van der Waals surface area contributed by atoms with E-state index in [0.717, 1.165) is 36.8 Å². The van der Waals surface area contributed by atoms with Gasteiger partial charge in [-0.05, 0) is 24.0 Å². The molecule has 6 nitrogen and oxygen atoms in total. The van der Waals surface area contributed by atoms with Gasteiger partial charge in [-0.3, -0.25) is 4.79 Å². The molecule has 1 heterocycles. The van der Waals surface area contributed by atoms with E-state index < -0.39 is 24.6 Å². The minimum Gasteiger partial charge on any atom is -0.463 e. The first kappa shape index (κ1) is 26.4. The predicted molar refractivity (Wildman–Crippen MR) is 130 cm³/mol. The molecule has 0 bridgehead atoms. The molecular formula is C28H38O6. The van der Waals surface area contributed by atoms with Gasteiger partial charge < -0.3 is 24.1 Å². The summed E-state index contributed by atoms with van der Waals surface area (Å²) in [6, 6.07) is 19.8. The van der Waals surface area contributed by atoms with Crippen molar-refractivity contribution in [2.24, 2.45) is 5.92 Å². The van der Waals surface area contributed by atoms with Gasteiger partial charge in [-0.25, -0.2) is 0 Å². The van der Waals surface area contributed by atoms with Gasteiger partial charge >= 0.3 is 5.97 Å². The van der Waals surface area contributed by atoms with Crippen LogP contribution in [-0.4, -0.2) is 42.3 Å². The fourth-order valence-corrected chi connectivity index (χ4v) is 4.32. The van der Waals surface area contributed by atoms with Crippen molar-refractivity contribution in [3.05, 3.63) is 71.8 Å². The van der Waals surface area contributed by atoms with E-state index in [9.17, 15) is 9.90 Å². The number of aliphatic hydroxyl groups excluding tert-OH is 1. The summed E-state index contributed by atoms with van der Waals surface area (Å²) < 4.78 is 23.9. The lowest BCUT2D eigenvalue weighted by Gasteiger charge is -2.39. The lowest BCUT2D eigenvalue weighted by Crippen LogP contribution is -2.52. The first-order chi connectivity index (χ1) is 16.6. The van der Waals surface area contributed by atoms with Crippen LogP contribution in [0.5, 0.6) is 0 Å². The van der Waals surface area contributed by atoms with Crippen LogP contribution in [-0.2, 0) is 37.0 Å². The van der Waals surface area contributed by atoms with Crippen LogP contribution in [0.15, 0.2) is 60.7 Å².